The molecule has 0 aliphatic heterocycles. The second-order valence-electron chi connectivity index (χ2n) is 6.57. The van der Waals surface area contributed by atoms with Crippen molar-refractivity contribution in [2.45, 2.75) is 45.4 Å². The van der Waals surface area contributed by atoms with Crippen LogP contribution in [0.1, 0.15) is 45.6 Å². The van der Waals surface area contributed by atoms with Gasteiger partial charge in [0.15, 0.2) is 0 Å². The molecule has 0 heterocycles. The van der Waals surface area contributed by atoms with Crippen LogP contribution in [0.5, 0.6) is 5.75 Å². The number of allylic oxidation sites excluding steroid dienone is 2. The lowest BCUT2D eigenvalue weighted by atomic mass is 9.78. The molecule has 0 fully saturated rings. The van der Waals surface area contributed by atoms with Crippen LogP contribution in [0, 0.1) is 5.92 Å². The first-order valence-corrected chi connectivity index (χ1v) is 8.25. The Balaban J connectivity index is 2.03. The Labute approximate surface area is 129 Å². The Hall–Kier alpha value is -1.28. The van der Waals surface area contributed by atoms with E-state index in [1.807, 2.05) is 0 Å². The van der Waals surface area contributed by atoms with Crippen LogP contribution in [0.15, 0.2) is 36.4 Å². The fraction of sp³-hybridized carbons (Fsp3) is 0.579. The van der Waals surface area contributed by atoms with Gasteiger partial charge in [0.25, 0.3) is 0 Å². The van der Waals surface area contributed by atoms with Crippen molar-refractivity contribution in [3.63, 3.8) is 0 Å². The molecule has 21 heavy (non-hydrogen) atoms. The molecule has 1 aliphatic rings. The summed E-state index contributed by atoms with van der Waals surface area (Å²) in [7, 11) is 0. The molecule has 0 bridgehead atoms. The second-order valence-corrected chi connectivity index (χ2v) is 6.57. The third kappa shape index (κ3) is 4.34. The fourth-order valence-electron chi connectivity index (χ4n) is 2.86. The quantitative estimate of drug-likeness (QED) is 0.568. The van der Waals surface area contributed by atoms with Crippen LogP contribution in [0.25, 0.3) is 0 Å². The Morgan fingerprint density at radius 3 is 2.38 bits per heavy atom. The van der Waals surface area contributed by atoms with Gasteiger partial charge in [-0.3, -0.25) is 0 Å². The summed E-state index contributed by atoms with van der Waals surface area (Å²) in [5.74, 6) is 1.54. The van der Waals surface area contributed by atoms with Crippen molar-refractivity contribution in [1.29, 1.82) is 0 Å². The smallest absolute Gasteiger partial charge is 0.119 e. The van der Waals surface area contributed by atoms with Crippen LogP contribution in [0.2, 0.25) is 0 Å². The molecule has 0 unspecified atom stereocenters. The van der Waals surface area contributed by atoms with Crippen molar-refractivity contribution in [2.75, 3.05) is 19.7 Å². The third-order valence-electron chi connectivity index (χ3n) is 4.12. The van der Waals surface area contributed by atoms with Gasteiger partial charge in [-0.25, -0.2) is 0 Å². The maximum atomic E-state index is 5.79. The molecule has 0 radical (unpaired) electrons. The zero-order valence-corrected chi connectivity index (χ0v) is 13.7. The molecule has 0 saturated carbocycles. The molecule has 1 aliphatic carbocycles. The minimum absolute atomic E-state index is 0.242. The number of rotatable bonds is 8. The van der Waals surface area contributed by atoms with Gasteiger partial charge in [0.05, 0.1) is 6.61 Å². The van der Waals surface area contributed by atoms with Crippen molar-refractivity contribution in [1.82, 2.24) is 5.32 Å². The minimum Gasteiger partial charge on any atom is -0.493 e. The molecule has 0 aromatic heterocycles. The van der Waals surface area contributed by atoms with Crippen LogP contribution in [0.4, 0.5) is 0 Å². The average Bonchev–Trinajstić information content (AvgIpc) is 2.96. The van der Waals surface area contributed by atoms with Gasteiger partial charge >= 0.3 is 0 Å². The Morgan fingerprint density at radius 2 is 1.81 bits per heavy atom. The fourth-order valence-corrected chi connectivity index (χ4v) is 2.86. The van der Waals surface area contributed by atoms with Gasteiger partial charge in [0.1, 0.15) is 5.75 Å². The number of benzene rings is 1. The van der Waals surface area contributed by atoms with Gasteiger partial charge in [-0.15, -0.1) is 0 Å². The van der Waals surface area contributed by atoms with Gasteiger partial charge < -0.3 is 10.1 Å². The largest absolute Gasteiger partial charge is 0.493 e. The van der Waals surface area contributed by atoms with E-state index in [-0.39, 0.29) is 5.41 Å². The third-order valence-corrected chi connectivity index (χ3v) is 4.12. The number of hydrogen-bond donors (Lipinski definition) is 1. The molecular weight excluding hydrogens is 258 g/mol. The van der Waals surface area contributed by atoms with E-state index in [1.165, 1.54) is 12.0 Å². The van der Waals surface area contributed by atoms with Crippen LogP contribution in [-0.4, -0.2) is 19.7 Å². The van der Waals surface area contributed by atoms with E-state index in [4.69, 9.17) is 4.74 Å². The van der Waals surface area contributed by atoms with Crippen molar-refractivity contribution in [2.24, 2.45) is 5.92 Å². The highest BCUT2D eigenvalue weighted by atomic mass is 16.5. The summed E-state index contributed by atoms with van der Waals surface area (Å²) in [6.45, 7) is 9.49. The van der Waals surface area contributed by atoms with Crippen molar-refractivity contribution in [3.8, 4) is 5.75 Å². The lowest BCUT2D eigenvalue weighted by Crippen LogP contribution is -2.36. The van der Waals surface area contributed by atoms with E-state index in [9.17, 15) is 0 Å². The van der Waals surface area contributed by atoms with Crippen LogP contribution in [-0.2, 0) is 5.41 Å². The van der Waals surface area contributed by atoms with Gasteiger partial charge in [0, 0.05) is 12.0 Å². The van der Waals surface area contributed by atoms with Crippen LogP contribution in [0.3, 0.4) is 0 Å². The zero-order chi connectivity index (χ0) is 15.1. The Morgan fingerprint density at radius 1 is 1.14 bits per heavy atom. The summed E-state index contributed by atoms with van der Waals surface area (Å²) in [6, 6.07) is 8.74. The summed E-state index contributed by atoms with van der Waals surface area (Å²) in [6.07, 6.45) is 8.09. The maximum absolute atomic E-state index is 5.79. The molecule has 0 atom stereocenters. The summed E-state index contributed by atoms with van der Waals surface area (Å²) in [5.41, 5.74) is 1.67. The Kier molecular flexibility index (Phi) is 5.86. The lowest BCUT2D eigenvalue weighted by molar-refractivity contribution is 0.271. The van der Waals surface area contributed by atoms with Gasteiger partial charge in [0.2, 0.25) is 0 Å². The number of ether oxygens (including phenoxy) is 1. The molecule has 1 aromatic carbocycles. The van der Waals surface area contributed by atoms with Gasteiger partial charge in [-0.2, -0.15) is 0 Å². The molecule has 1 N–H and O–H groups in total. The SMILES string of the molecule is CCCNCC1(c2ccc(OCC(C)C)cc2)CC=CC1. The minimum atomic E-state index is 0.242. The maximum Gasteiger partial charge on any atom is 0.119 e. The summed E-state index contributed by atoms with van der Waals surface area (Å²) in [4.78, 5) is 0. The van der Waals surface area contributed by atoms with E-state index in [2.05, 4.69) is 62.5 Å². The first-order valence-electron chi connectivity index (χ1n) is 8.25. The van der Waals surface area contributed by atoms with Gasteiger partial charge in [-0.1, -0.05) is 45.1 Å². The second kappa shape index (κ2) is 7.65. The van der Waals surface area contributed by atoms with Crippen molar-refractivity contribution < 1.29 is 4.74 Å². The topological polar surface area (TPSA) is 21.3 Å². The molecule has 2 nitrogen and oxygen atoms in total. The molecule has 2 heteroatoms. The first-order chi connectivity index (χ1) is 10.2. The molecule has 0 amide bonds. The predicted molar refractivity (Wildman–Crippen MR) is 90.0 cm³/mol. The standard InChI is InChI=1S/C19H29NO/c1-4-13-20-15-19(11-5-6-12-19)17-7-9-18(10-8-17)21-14-16(2)3/h5-10,16,20H,4,11-15H2,1-3H3. The molecular formula is C19H29NO. The van der Waals surface area contributed by atoms with E-state index in [0.29, 0.717) is 5.92 Å². The van der Waals surface area contributed by atoms with Crippen LogP contribution >= 0.6 is 0 Å². The predicted octanol–water partition coefficient (Wildman–Crippen LogP) is 4.31. The summed E-state index contributed by atoms with van der Waals surface area (Å²) in [5, 5.41) is 3.60. The number of nitrogens with one attached hydrogen (secondary N) is 1. The normalized spacial score (nSPS) is 16.6. The highest BCUT2D eigenvalue weighted by molar-refractivity contribution is 5.35. The molecule has 0 spiro atoms. The highest BCUT2D eigenvalue weighted by Gasteiger charge is 2.32. The van der Waals surface area contributed by atoms with E-state index in [0.717, 1.165) is 38.3 Å². The highest BCUT2D eigenvalue weighted by Crippen LogP contribution is 2.37. The van der Waals surface area contributed by atoms with Crippen LogP contribution < -0.4 is 10.1 Å². The lowest BCUT2D eigenvalue weighted by Gasteiger charge is -2.30. The van der Waals surface area contributed by atoms with Crippen molar-refractivity contribution >= 4 is 0 Å². The average molecular weight is 287 g/mol. The van der Waals surface area contributed by atoms with Gasteiger partial charge in [-0.05, 0) is 49.4 Å². The van der Waals surface area contributed by atoms with E-state index >= 15 is 0 Å². The monoisotopic (exact) mass is 287 g/mol. The zero-order valence-electron chi connectivity index (χ0n) is 13.7. The number of hydrogen-bond acceptors (Lipinski definition) is 2. The molecule has 116 valence electrons. The summed E-state index contributed by atoms with van der Waals surface area (Å²) < 4.78 is 5.79. The van der Waals surface area contributed by atoms with E-state index < -0.39 is 0 Å². The molecule has 1 aromatic rings. The first kappa shape index (κ1) is 16.1. The van der Waals surface area contributed by atoms with Crippen molar-refractivity contribution in [3.05, 3.63) is 42.0 Å². The van der Waals surface area contributed by atoms with E-state index in [1.54, 1.807) is 0 Å². The molecule has 2 rings (SSSR count). The molecule has 0 saturated heterocycles. The Bertz CT molecular complexity index is 439. The summed E-state index contributed by atoms with van der Waals surface area (Å²) >= 11 is 0.